The van der Waals surface area contributed by atoms with Crippen molar-refractivity contribution in [2.45, 2.75) is 43.2 Å². The van der Waals surface area contributed by atoms with Crippen molar-refractivity contribution in [3.8, 4) is 11.1 Å². The van der Waals surface area contributed by atoms with E-state index in [2.05, 4.69) is 41.4 Å². The van der Waals surface area contributed by atoms with Gasteiger partial charge in [0.05, 0.1) is 18.8 Å². The fourth-order valence-corrected chi connectivity index (χ4v) is 5.34. The average molecular weight is 502 g/mol. The van der Waals surface area contributed by atoms with Crippen LogP contribution in [0.3, 0.4) is 0 Å². The Morgan fingerprint density at radius 1 is 0.972 bits per heavy atom. The molecule has 0 saturated carbocycles. The molecule has 1 fully saturated rings. The lowest BCUT2D eigenvalue weighted by molar-refractivity contribution is -0.245. The summed E-state index contributed by atoms with van der Waals surface area (Å²) in [6.07, 6.45) is 3.92. The van der Waals surface area contributed by atoms with Crippen LogP contribution < -0.4 is 5.73 Å². The van der Waals surface area contributed by atoms with E-state index in [0.717, 1.165) is 50.7 Å². The molecule has 1 saturated heterocycles. The van der Waals surface area contributed by atoms with E-state index in [0.29, 0.717) is 6.54 Å². The highest BCUT2D eigenvalue weighted by Gasteiger charge is 2.32. The number of ether oxygens (including phenoxy) is 2. The molecule has 36 heavy (non-hydrogen) atoms. The molecule has 4 aromatic rings. The first-order chi connectivity index (χ1) is 17.6. The maximum atomic E-state index is 9.42. The minimum absolute atomic E-state index is 0.00567. The van der Waals surface area contributed by atoms with Crippen LogP contribution in [-0.2, 0) is 29.7 Å². The largest absolute Gasteiger partial charge is 0.392 e. The van der Waals surface area contributed by atoms with Crippen LogP contribution in [0.2, 0.25) is 0 Å². The minimum Gasteiger partial charge on any atom is -0.392 e. The molecular formula is C29H31N3O3S. The van der Waals surface area contributed by atoms with Crippen molar-refractivity contribution >= 4 is 11.8 Å². The Morgan fingerprint density at radius 3 is 2.44 bits per heavy atom. The predicted molar refractivity (Wildman–Crippen MR) is 142 cm³/mol. The molecule has 1 aliphatic heterocycles. The molecule has 0 amide bonds. The third-order valence-corrected chi connectivity index (χ3v) is 7.66. The van der Waals surface area contributed by atoms with Gasteiger partial charge >= 0.3 is 0 Å². The molecule has 1 aromatic heterocycles. The van der Waals surface area contributed by atoms with Crippen LogP contribution in [0.15, 0.2) is 90.3 Å². The Balaban J connectivity index is 1.36. The summed E-state index contributed by atoms with van der Waals surface area (Å²) in [4.78, 5) is 4.43. The van der Waals surface area contributed by atoms with Crippen molar-refractivity contribution in [3.63, 3.8) is 0 Å². The van der Waals surface area contributed by atoms with Gasteiger partial charge in [-0.3, -0.25) is 0 Å². The van der Waals surface area contributed by atoms with Crippen molar-refractivity contribution in [1.82, 2.24) is 9.55 Å². The van der Waals surface area contributed by atoms with Crippen molar-refractivity contribution in [2.75, 3.05) is 5.75 Å². The van der Waals surface area contributed by atoms with E-state index in [-0.39, 0.29) is 18.8 Å². The Labute approximate surface area is 216 Å². The first-order valence-electron chi connectivity index (χ1n) is 12.1. The molecule has 0 bridgehead atoms. The number of hydrogen-bond donors (Lipinski definition) is 2. The number of aliphatic hydroxyl groups excluding tert-OH is 1. The highest BCUT2D eigenvalue weighted by molar-refractivity contribution is 7.99. The fraction of sp³-hybridized carbons (Fsp3) is 0.276. The molecule has 0 spiro atoms. The Bertz CT molecular complexity index is 1270. The zero-order valence-electron chi connectivity index (χ0n) is 20.3. The quantitative estimate of drug-likeness (QED) is 0.316. The number of hydrogen-bond acceptors (Lipinski definition) is 6. The molecule has 7 heteroatoms. The zero-order chi connectivity index (χ0) is 24.9. The molecule has 3 N–H and O–H groups in total. The van der Waals surface area contributed by atoms with Gasteiger partial charge in [0.2, 0.25) is 0 Å². The summed E-state index contributed by atoms with van der Waals surface area (Å²) in [6.45, 7) is 0.551. The first kappa shape index (κ1) is 24.7. The summed E-state index contributed by atoms with van der Waals surface area (Å²) in [5, 5.41) is 10.4. The second kappa shape index (κ2) is 11.4. The molecule has 3 unspecified atom stereocenters. The lowest BCUT2D eigenvalue weighted by Gasteiger charge is -2.36. The van der Waals surface area contributed by atoms with Gasteiger partial charge in [-0.05, 0) is 33.9 Å². The van der Waals surface area contributed by atoms with Crippen LogP contribution in [0.25, 0.3) is 11.1 Å². The van der Waals surface area contributed by atoms with Crippen molar-refractivity contribution < 1.29 is 14.6 Å². The van der Waals surface area contributed by atoms with E-state index in [9.17, 15) is 5.11 Å². The van der Waals surface area contributed by atoms with Gasteiger partial charge in [-0.1, -0.05) is 78.5 Å². The van der Waals surface area contributed by atoms with E-state index >= 15 is 0 Å². The molecule has 2 heterocycles. The molecular weight excluding hydrogens is 470 g/mol. The van der Waals surface area contributed by atoms with Crippen LogP contribution in [0, 0.1) is 0 Å². The van der Waals surface area contributed by atoms with Crippen LogP contribution in [0.1, 0.15) is 41.1 Å². The molecule has 6 nitrogen and oxygen atoms in total. The van der Waals surface area contributed by atoms with Crippen molar-refractivity contribution in [1.29, 1.82) is 0 Å². The summed E-state index contributed by atoms with van der Waals surface area (Å²) in [7, 11) is 2.00. The van der Waals surface area contributed by atoms with Crippen LogP contribution >= 0.6 is 11.8 Å². The summed E-state index contributed by atoms with van der Waals surface area (Å²) in [5.74, 6) is 0.778. The monoisotopic (exact) mass is 501 g/mol. The van der Waals surface area contributed by atoms with E-state index in [4.69, 9.17) is 15.2 Å². The lowest BCUT2D eigenvalue weighted by Crippen LogP contribution is -2.31. The maximum absolute atomic E-state index is 9.42. The number of aromatic nitrogens is 2. The number of nitrogens with zero attached hydrogens (tertiary/aromatic N) is 2. The summed E-state index contributed by atoms with van der Waals surface area (Å²) in [5.41, 5.74) is 12.2. The molecule has 3 aromatic carbocycles. The number of nitrogens with two attached hydrogens (primary N) is 1. The zero-order valence-corrected chi connectivity index (χ0v) is 21.1. The van der Waals surface area contributed by atoms with Gasteiger partial charge < -0.3 is 24.9 Å². The van der Waals surface area contributed by atoms with Crippen molar-refractivity contribution in [2.24, 2.45) is 12.8 Å². The SMILES string of the molecule is Cn1ccnc1SCC1CC(c2ccc(CO)cc2)OC(c2ccc(-c3cccc(CN)c3)cc2)O1. The normalized spacial score (nSPS) is 19.9. The standard InChI is InChI=1S/C29H31N3O3S/c1-32-14-13-31-29(32)36-19-26-16-27(23-7-5-20(18-33)6-8-23)35-28(34-26)24-11-9-22(10-12-24)25-4-2-3-21(15-25)17-30/h2-15,26-28,33H,16-19,30H2,1H3. The Kier molecular flexibility index (Phi) is 7.84. The van der Waals surface area contributed by atoms with Gasteiger partial charge in [0.25, 0.3) is 0 Å². The Morgan fingerprint density at radius 2 is 1.75 bits per heavy atom. The van der Waals surface area contributed by atoms with Gasteiger partial charge in [0, 0.05) is 43.7 Å². The third kappa shape index (κ3) is 5.72. The number of rotatable bonds is 8. The number of aryl methyl sites for hydroxylation is 1. The molecule has 1 aliphatic rings. The van der Waals surface area contributed by atoms with Gasteiger partial charge in [-0.25, -0.2) is 4.98 Å². The second-order valence-corrected chi connectivity index (χ2v) is 10.00. The van der Waals surface area contributed by atoms with Crippen LogP contribution in [-0.4, -0.2) is 26.5 Å². The van der Waals surface area contributed by atoms with Crippen LogP contribution in [0.5, 0.6) is 0 Å². The van der Waals surface area contributed by atoms with E-state index in [1.54, 1.807) is 11.8 Å². The average Bonchev–Trinajstić information content (AvgIpc) is 3.36. The van der Waals surface area contributed by atoms with Crippen molar-refractivity contribution in [3.05, 3.63) is 107 Å². The van der Waals surface area contributed by atoms with E-state index < -0.39 is 6.29 Å². The molecule has 0 aliphatic carbocycles. The van der Waals surface area contributed by atoms with E-state index in [1.165, 1.54) is 0 Å². The number of benzene rings is 3. The van der Waals surface area contributed by atoms with Crippen LogP contribution in [0.4, 0.5) is 0 Å². The van der Waals surface area contributed by atoms with Gasteiger partial charge in [-0.15, -0.1) is 0 Å². The second-order valence-electron chi connectivity index (χ2n) is 9.01. The van der Waals surface area contributed by atoms with Gasteiger partial charge in [0.15, 0.2) is 11.4 Å². The van der Waals surface area contributed by atoms with Gasteiger partial charge in [0.1, 0.15) is 0 Å². The topological polar surface area (TPSA) is 82.5 Å². The predicted octanol–water partition coefficient (Wildman–Crippen LogP) is 5.38. The smallest absolute Gasteiger partial charge is 0.184 e. The molecule has 3 atom stereocenters. The van der Waals surface area contributed by atoms with E-state index in [1.807, 2.05) is 60.4 Å². The summed E-state index contributed by atoms with van der Waals surface area (Å²) < 4.78 is 14.9. The number of thioether (sulfide) groups is 1. The first-order valence-corrected chi connectivity index (χ1v) is 13.1. The molecule has 186 valence electrons. The van der Waals surface area contributed by atoms with Gasteiger partial charge in [-0.2, -0.15) is 0 Å². The summed E-state index contributed by atoms with van der Waals surface area (Å²) in [6, 6.07) is 24.6. The number of imidazole rings is 1. The number of aliphatic hydroxyl groups is 1. The maximum Gasteiger partial charge on any atom is 0.184 e. The molecule has 5 rings (SSSR count). The fourth-order valence-electron chi connectivity index (χ4n) is 4.39. The highest BCUT2D eigenvalue weighted by Crippen LogP contribution is 2.39. The lowest BCUT2D eigenvalue weighted by atomic mass is 9.99. The highest BCUT2D eigenvalue weighted by atomic mass is 32.2. The minimum atomic E-state index is -0.474. The Hall–Kier alpha value is -2.94. The third-order valence-electron chi connectivity index (χ3n) is 6.47. The summed E-state index contributed by atoms with van der Waals surface area (Å²) >= 11 is 1.69. The molecule has 0 radical (unpaired) electrons.